The summed E-state index contributed by atoms with van der Waals surface area (Å²) in [5, 5.41) is 0. The summed E-state index contributed by atoms with van der Waals surface area (Å²) >= 11 is 0. The Labute approximate surface area is 252 Å². The van der Waals surface area contributed by atoms with Crippen LogP contribution in [0.15, 0.2) is 47.5 Å². The Morgan fingerprint density at radius 2 is 0.951 bits per heavy atom. The van der Waals surface area contributed by atoms with E-state index in [0.717, 1.165) is 67.6 Å². The molecule has 0 N–H and O–H groups in total. The van der Waals surface area contributed by atoms with Crippen LogP contribution in [0.5, 0.6) is 17.2 Å². The molecule has 0 aliphatic carbocycles. The molecule has 41 heavy (non-hydrogen) atoms. The summed E-state index contributed by atoms with van der Waals surface area (Å²) in [5.74, 6) is 2.58. The molecule has 4 heteroatoms. The first-order valence-corrected chi connectivity index (χ1v) is 16.9. The predicted molar refractivity (Wildman–Crippen MR) is 177 cm³/mol. The van der Waals surface area contributed by atoms with E-state index in [4.69, 9.17) is 19.2 Å². The van der Waals surface area contributed by atoms with Crippen LogP contribution >= 0.6 is 0 Å². The molecule has 0 fully saturated rings. The van der Waals surface area contributed by atoms with Gasteiger partial charge in [-0.3, -0.25) is 4.99 Å². The number of hydrogen-bond acceptors (Lipinski definition) is 4. The van der Waals surface area contributed by atoms with Crippen LogP contribution in [0.1, 0.15) is 142 Å². The van der Waals surface area contributed by atoms with Gasteiger partial charge in [-0.15, -0.1) is 0 Å². The van der Waals surface area contributed by atoms with E-state index in [9.17, 15) is 0 Å². The fraction of sp³-hybridized carbons (Fsp3) is 0.649. The van der Waals surface area contributed by atoms with E-state index < -0.39 is 0 Å². The van der Waals surface area contributed by atoms with Gasteiger partial charge in [-0.25, -0.2) is 0 Å². The maximum absolute atomic E-state index is 6.23. The lowest BCUT2D eigenvalue weighted by atomic mass is 10.1. The normalized spacial score (nSPS) is 11.3. The van der Waals surface area contributed by atoms with E-state index in [1.807, 2.05) is 36.5 Å². The maximum Gasteiger partial charge on any atom is 0.161 e. The monoisotopic (exact) mass is 565 g/mol. The highest BCUT2D eigenvalue weighted by Crippen LogP contribution is 2.29. The molecule has 2 aromatic rings. The number of rotatable bonds is 26. The molecule has 0 unspecified atom stereocenters. The minimum absolute atomic E-state index is 0.723. The molecular formula is C37H59NO3. The topological polar surface area (TPSA) is 40.0 Å². The highest BCUT2D eigenvalue weighted by Gasteiger charge is 2.07. The Kier molecular flexibility index (Phi) is 20.4. The molecule has 0 bridgehead atoms. The number of ether oxygens (including phenoxy) is 3. The van der Waals surface area contributed by atoms with Crippen LogP contribution < -0.4 is 14.2 Å². The van der Waals surface area contributed by atoms with Gasteiger partial charge in [0.15, 0.2) is 11.5 Å². The zero-order chi connectivity index (χ0) is 29.2. The maximum atomic E-state index is 6.23. The highest BCUT2D eigenvalue weighted by atomic mass is 16.5. The van der Waals surface area contributed by atoms with Crippen LogP contribution in [0, 0.1) is 0 Å². The quantitative estimate of drug-likeness (QED) is 0.0841. The minimum atomic E-state index is 0.723. The molecular weight excluding hydrogens is 506 g/mol. The van der Waals surface area contributed by atoms with Crippen molar-refractivity contribution in [2.75, 3.05) is 19.8 Å². The molecule has 0 saturated carbocycles. The summed E-state index contributed by atoms with van der Waals surface area (Å²) in [6, 6.07) is 14.2. The highest BCUT2D eigenvalue weighted by molar-refractivity contribution is 5.83. The summed E-state index contributed by atoms with van der Waals surface area (Å²) in [4.78, 5) is 4.70. The van der Waals surface area contributed by atoms with Crippen molar-refractivity contribution in [3.63, 3.8) is 0 Å². The summed E-state index contributed by atoms with van der Waals surface area (Å²) in [7, 11) is 0. The van der Waals surface area contributed by atoms with Crippen molar-refractivity contribution in [2.24, 2.45) is 4.99 Å². The van der Waals surface area contributed by atoms with Gasteiger partial charge in [0.05, 0.1) is 25.5 Å². The van der Waals surface area contributed by atoms with Crippen LogP contribution in [0.2, 0.25) is 0 Å². The summed E-state index contributed by atoms with van der Waals surface area (Å²) in [6.45, 7) is 9.01. The largest absolute Gasteiger partial charge is 0.494 e. The third-order valence-electron chi connectivity index (χ3n) is 7.44. The summed E-state index contributed by atoms with van der Waals surface area (Å²) in [5.41, 5.74) is 1.92. The molecule has 0 heterocycles. The smallest absolute Gasteiger partial charge is 0.161 e. The SMILES string of the molecule is CCCCCCCCOc1ccc(N=Cc2ccc(OCCCCCCCC)c(OCCCCCCCC)c2)cc1. The van der Waals surface area contributed by atoms with Gasteiger partial charge in [0.25, 0.3) is 0 Å². The standard InChI is InChI=1S/C37H59NO3/c1-4-7-10-13-16-19-28-39-35-25-23-34(24-26-35)38-32-33-22-27-36(40-29-20-17-14-11-8-5-2)37(31-33)41-30-21-18-15-12-9-6-3/h22-27,31-32H,4-21,28-30H2,1-3H3. The van der Waals surface area contributed by atoms with Gasteiger partial charge < -0.3 is 14.2 Å². The lowest BCUT2D eigenvalue weighted by molar-refractivity contribution is 0.258. The molecule has 0 atom stereocenters. The first-order valence-electron chi connectivity index (χ1n) is 16.9. The number of hydrogen-bond donors (Lipinski definition) is 0. The Morgan fingerprint density at radius 1 is 0.488 bits per heavy atom. The molecule has 2 aromatic carbocycles. The zero-order valence-corrected chi connectivity index (χ0v) is 26.6. The lowest BCUT2D eigenvalue weighted by Crippen LogP contribution is -2.03. The third-order valence-corrected chi connectivity index (χ3v) is 7.44. The van der Waals surface area contributed by atoms with Crippen molar-refractivity contribution < 1.29 is 14.2 Å². The molecule has 0 amide bonds. The van der Waals surface area contributed by atoms with E-state index in [0.29, 0.717) is 0 Å². The Hall–Kier alpha value is -2.49. The van der Waals surface area contributed by atoms with Crippen molar-refractivity contribution in [3.05, 3.63) is 48.0 Å². The molecule has 0 radical (unpaired) electrons. The van der Waals surface area contributed by atoms with Gasteiger partial charge in [-0.2, -0.15) is 0 Å². The van der Waals surface area contributed by atoms with Gasteiger partial charge in [0, 0.05) is 6.21 Å². The predicted octanol–water partition coefficient (Wildman–Crippen LogP) is 11.7. The van der Waals surface area contributed by atoms with Crippen LogP contribution in [0.4, 0.5) is 5.69 Å². The molecule has 0 aromatic heterocycles. The molecule has 2 rings (SSSR count). The van der Waals surface area contributed by atoms with E-state index in [2.05, 4.69) is 32.9 Å². The Balaban J connectivity index is 1.87. The van der Waals surface area contributed by atoms with E-state index in [1.165, 1.54) is 96.3 Å². The molecule has 230 valence electrons. The van der Waals surface area contributed by atoms with Gasteiger partial charge in [-0.05, 0) is 67.3 Å². The second-order valence-corrected chi connectivity index (χ2v) is 11.3. The van der Waals surface area contributed by atoms with Crippen LogP contribution in [0.3, 0.4) is 0 Å². The molecule has 0 aliphatic heterocycles. The zero-order valence-electron chi connectivity index (χ0n) is 26.6. The first kappa shape index (κ1) is 34.7. The van der Waals surface area contributed by atoms with Gasteiger partial charge >= 0.3 is 0 Å². The van der Waals surface area contributed by atoms with E-state index in [-0.39, 0.29) is 0 Å². The van der Waals surface area contributed by atoms with Crippen LogP contribution in [-0.2, 0) is 0 Å². The van der Waals surface area contributed by atoms with Crippen LogP contribution in [-0.4, -0.2) is 26.0 Å². The lowest BCUT2D eigenvalue weighted by Gasteiger charge is -2.14. The Bertz CT molecular complexity index is 909. The first-order chi connectivity index (χ1) is 20.3. The van der Waals surface area contributed by atoms with Crippen LogP contribution in [0.25, 0.3) is 0 Å². The number of nitrogens with zero attached hydrogens (tertiary/aromatic N) is 1. The number of aliphatic imine (C=N–C) groups is 1. The van der Waals surface area contributed by atoms with Crippen molar-refractivity contribution >= 4 is 11.9 Å². The molecule has 0 saturated heterocycles. The second kappa shape index (κ2) is 24.1. The van der Waals surface area contributed by atoms with Crippen molar-refractivity contribution in [3.8, 4) is 17.2 Å². The minimum Gasteiger partial charge on any atom is -0.494 e. The van der Waals surface area contributed by atoms with Crippen molar-refractivity contribution in [2.45, 2.75) is 136 Å². The average Bonchev–Trinajstić information content (AvgIpc) is 3.00. The third kappa shape index (κ3) is 17.2. The fourth-order valence-corrected chi connectivity index (χ4v) is 4.82. The summed E-state index contributed by atoms with van der Waals surface area (Å²) in [6.07, 6.45) is 24.6. The van der Waals surface area contributed by atoms with E-state index >= 15 is 0 Å². The van der Waals surface area contributed by atoms with Crippen molar-refractivity contribution in [1.29, 1.82) is 0 Å². The number of benzene rings is 2. The van der Waals surface area contributed by atoms with Gasteiger partial charge in [0.2, 0.25) is 0 Å². The Morgan fingerprint density at radius 3 is 1.49 bits per heavy atom. The van der Waals surface area contributed by atoms with Crippen molar-refractivity contribution in [1.82, 2.24) is 0 Å². The molecule has 0 aliphatic rings. The molecule has 4 nitrogen and oxygen atoms in total. The average molecular weight is 566 g/mol. The van der Waals surface area contributed by atoms with Gasteiger partial charge in [-0.1, -0.05) is 117 Å². The number of unbranched alkanes of at least 4 members (excludes halogenated alkanes) is 15. The van der Waals surface area contributed by atoms with Gasteiger partial charge in [0.1, 0.15) is 5.75 Å². The fourth-order valence-electron chi connectivity index (χ4n) is 4.82. The second-order valence-electron chi connectivity index (χ2n) is 11.3. The molecule has 0 spiro atoms. The van der Waals surface area contributed by atoms with E-state index in [1.54, 1.807) is 0 Å². The summed E-state index contributed by atoms with van der Waals surface area (Å²) < 4.78 is 18.3.